The molecule has 20 heavy (non-hydrogen) atoms. The predicted octanol–water partition coefficient (Wildman–Crippen LogP) is 2.50. The summed E-state index contributed by atoms with van der Waals surface area (Å²) in [5.74, 6) is 2.28. The van der Waals surface area contributed by atoms with E-state index in [0.29, 0.717) is 5.92 Å². The van der Waals surface area contributed by atoms with Gasteiger partial charge in [-0.2, -0.15) is 0 Å². The summed E-state index contributed by atoms with van der Waals surface area (Å²) in [5.41, 5.74) is 4.70. The molecular weight excluding hydrogens is 246 g/mol. The quantitative estimate of drug-likeness (QED) is 0.883. The lowest BCUT2D eigenvalue weighted by molar-refractivity contribution is 0.423. The lowest BCUT2D eigenvalue weighted by Gasteiger charge is -2.31. The Balaban J connectivity index is 1.73. The number of rotatable bonds is 4. The second-order valence-electron chi connectivity index (χ2n) is 6.93. The van der Waals surface area contributed by atoms with Crippen molar-refractivity contribution in [3.8, 4) is 0 Å². The fraction of sp³-hybridized carbons (Fsp3) is 0.588. The molecule has 0 bridgehead atoms. The van der Waals surface area contributed by atoms with E-state index in [1.165, 1.54) is 16.8 Å². The SMILES string of the molecule is C=C(NC(C)(C)c1cnc(C)cc1C)C1C2CNCC21. The summed E-state index contributed by atoms with van der Waals surface area (Å²) in [7, 11) is 0. The van der Waals surface area contributed by atoms with E-state index in [1.807, 2.05) is 13.1 Å². The molecule has 108 valence electrons. The van der Waals surface area contributed by atoms with Gasteiger partial charge in [-0.25, -0.2) is 0 Å². The van der Waals surface area contributed by atoms with Crippen molar-refractivity contribution in [3.05, 3.63) is 41.4 Å². The second kappa shape index (κ2) is 4.59. The van der Waals surface area contributed by atoms with Gasteiger partial charge in [0.15, 0.2) is 0 Å². The van der Waals surface area contributed by atoms with Crippen molar-refractivity contribution in [2.24, 2.45) is 17.8 Å². The van der Waals surface area contributed by atoms with Crippen molar-refractivity contribution in [1.82, 2.24) is 15.6 Å². The van der Waals surface area contributed by atoms with Crippen molar-refractivity contribution in [2.75, 3.05) is 13.1 Å². The first-order valence-electron chi connectivity index (χ1n) is 7.51. The highest BCUT2D eigenvalue weighted by Crippen LogP contribution is 2.52. The average molecular weight is 271 g/mol. The van der Waals surface area contributed by atoms with E-state index in [-0.39, 0.29) is 5.54 Å². The molecule has 0 amide bonds. The summed E-state index contributed by atoms with van der Waals surface area (Å²) in [4.78, 5) is 4.45. The minimum absolute atomic E-state index is 0.119. The van der Waals surface area contributed by atoms with Gasteiger partial charge < -0.3 is 10.6 Å². The number of fused-ring (bicyclic) bond motifs is 1. The lowest BCUT2D eigenvalue weighted by Crippen LogP contribution is -2.37. The zero-order valence-corrected chi connectivity index (χ0v) is 13.0. The van der Waals surface area contributed by atoms with Crippen LogP contribution in [-0.4, -0.2) is 18.1 Å². The molecule has 3 heteroatoms. The van der Waals surface area contributed by atoms with Crippen LogP contribution in [0.4, 0.5) is 0 Å². The number of aromatic nitrogens is 1. The molecule has 0 aromatic carbocycles. The fourth-order valence-electron chi connectivity index (χ4n) is 3.84. The maximum absolute atomic E-state index is 4.45. The Morgan fingerprint density at radius 3 is 2.60 bits per heavy atom. The van der Waals surface area contributed by atoms with Crippen LogP contribution >= 0.6 is 0 Å². The molecule has 1 aromatic rings. The Labute approximate surface area is 121 Å². The maximum atomic E-state index is 4.45. The number of nitrogens with one attached hydrogen (secondary N) is 2. The summed E-state index contributed by atoms with van der Waals surface area (Å²) in [5, 5.41) is 7.10. The maximum Gasteiger partial charge on any atom is 0.0583 e. The van der Waals surface area contributed by atoms with Crippen molar-refractivity contribution in [1.29, 1.82) is 0 Å². The summed E-state index contributed by atoms with van der Waals surface area (Å²) < 4.78 is 0. The number of hydrogen-bond donors (Lipinski definition) is 2. The van der Waals surface area contributed by atoms with Crippen LogP contribution in [0.25, 0.3) is 0 Å². The topological polar surface area (TPSA) is 37.0 Å². The molecule has 1 aliphatic carbocycles. The van der Waals surface area contributed by atoms with Crippen molar-refractivity contribution < 1.29 is 0 Å². The van der Waals surface area contributed by atoms with Crippen LogP contribution in [0.15, 0.2) is 24.5 Å². The molecule has 2 atom stereocenters. The normalized spacial score (nSPS) is 28.1. The van der Waals surface area contributed by atoms with Crippen LogP contribution in [0.1, 0.15) is 30.7 Å². The zero-order chi connectivity index (χ0) is 14.5. The first-order valence-corrected chi connectivity index (χ1v) is 7.51. The second-order valence-corrected chi connectivity index (χ2v) is 6.93. The molecule has 1 saturated carbocycles. The van der Waals surface area contributed by atoms with Gasteiger partial charge in [-0.05, 0) is 69.8 Å². The van der Waals surface area contributed by atoms with E-state index in [1.54, 1.807) is 0 Å². The van der Waals surface area contributed by atoms with Crippen LogP contribution in [0, 0.1) is 31.6 Å². The summed E-state index contributed by atoms with van der Waals surface area (Å²) in [6, 6.07) is 2.15. The highest BCUT2D eigenvalue weighted by molar-refractivity contribution is 5.32. The standard InChI is InChI=1S/C17H25N3/c1-10-6-11(2)19-9-15(10)17(4,5)20-12(3)16-13-7-18-8-14(13)16/h6,9,13-14,16,18,20H,3,7-8H2,1-2,4-5H3. The predicted molar refractivity (Wildman–Crippen MR) is 82.4 cm³/mol. The minimum Gasteiger partial charge on any atom is -0.380 e. The molecule has 3 rings (SSSR count). The monoisotopic (exact) mass is 271 g/mol. The Kier molecular flexibility index (Phi) is 3.13. The van der Waals surface area contributed by atoms with Crippen molar-refractivity contribution in [3.63, 3.8) is 0 Å². The van der Waals surface area contributed by atoms with Crippen molar-refractivity contribution in [2.45, 2.75) is 33.2 Å². The number of pyridine rings is 1. The van der Waals surface area contributed by atoms with Gasteiger partial charge in [-0.15, -0.1) is 0 Å². The van der Waals surface area contributed by atoms with Gasteiger partial charge in [0.1, 0.15) is 0 Å². The highest BCUT2D eigenvalue weighted by atomic mass is 15.0. The molecule has 1 saturated heterocycles. The number of nitrogens with zero attached hydrogens (tertiary/aromatic N) is 1. The van der Waals surface area contributed by atoms with E-state index >= 15 is 0 Å². The molecule has 2 aliphatic rings. The third kappa shape index (κ3) is 2.24. The van der Waals surface area contributed by atoms with E-state index in [0.717, 1.165) is 30.6 Å². The van der Waals surface area contributed by atoms with Gasteiger partial charge in [0.25, 0.3) is 0 Å². The molecule has 2 unspecified atom stereocenters. The van der Waals surface area contributed by atoms with Gasteiger partial charge in [0.2, 0.25) is 0 Å². The number of allylic oxidation sites excluding steroid dienone is 1. The Morgan fingerprint density at radius 2 is 2.00 bits per heavy atom. The van der Waals surface area contributed by atoms with Crippen molar-refractivity contribution >= 4 is 0 Å². The molecule has 0 spiro atoms. The molecule has 3 nitrogen and oxygen atoms in total. The first-order chi connectivity index (χ1) is 9.40. The van der Waals surface area contributed by atoms with E-state index in [2.05, 4.69) is 49.0 Å². The summed E-state index contributed by atoms with van der Waals surface area (Å²) in [6.45, 7) is 15.2. The third-order valence-corrected chi connectivity index (χ3v) is 4.89. The molecule has 1 aromatic heterocycles. The van der Waals surface area contributed by atoms with E-state index < -0.39 is 0 Å². The smallest absolute Gasteiger partial charge is 0.0583 e. The zero-order valence-electron chi connectivity index (χ0n) is 13.0. The van der Waals surface area contributed by atoms with Crippen LogP contribution in [0.3, 0.4) is 0 Å². The average Bonchev–Trinajstić information content (AvgIpc) is 2.83. The largest absolute Gasteiger partial charge is 0.380 e. The van der Waals surface area contributed by atoms with Crippen LogP contribution in [0.2, 0.25) is 0 Å². The Bertz CT molecular complexity index is 537. The molecule has 0 radical (unpaired) electrons. The van der Waals surface area contributed by atoms with Gasteiger partial charge in [0, 0.05) is 23.5 Å². The Hall–Kier alpha value is -1.35. The van der Waals surface area contributed by atoms with Gasteiger partial charge in [-0.3, -0.25) is 4.98 Å². The fourth-order valence-corrected chi connectivity index (χ4v) is 3.84. The van der Waals surface area contributed by atoms with Gasteiger partial charge in [-0.1, -0.05) is 6.58 Å². The number of piperidine rings is 1. The van der Waals surface area contributed by atoms with Gasteiger partial charge >= 0.3 is 0 Å². The highest BCUT2D eigenvalue weighted by Gasteiger charge is 2.54. The molecule has 1 aliphatic heterocycles. The lowest BCUT2D eigenvalue weighted by atomic mass is 9.91. The summed E-state index contributed by atoms with van der Waals surface area (Å²) in [6.07, 6.45) is 2.00. The third-order valence-electron chi connectivity index (χ3n) is 4.89. The number of aryl methyl sites for hydroxylation is 2. The Morgan fingerprint density at radius 1 is 1.35 bits per heavy atom. The minimum atomic E-state index is -0.119. The van der Waals surface area contributed by atoms with E-state index in [4.69, 9.17) is 0 Å². The molecule has 2 N–H and O–H groups in total. The van der Waals surface area contributed by atoms with E-state index in [9.17, 15) is 0 Å². The van der Waals surface area contributed by atoms with Crippen LogP contribution < -0.4 is 10.6 Å². The molecule has 2 heterocycles. The van der Waals surface area contributed by atoms with Crippen LogP contribution in [0.5, 0.6) is 0 Å². The van der Waals surface area contributed by atoms with Gasteiger partial charge in [0.05, 0.1) is 5.54 Å². The molecule has 2 fully saturated rings. The summed E-state index contributed by atoms with van der Waals surface area (Å²) >= 11 is 0. The van der Waals surface area contributed by atoms with Crippen LogP contribution in [-0.2, 0) is 5.54 Å². The number of hydrogen-bond acceptors (Lipinski definition) is 3. The first kappa shape index (κ1) is 13.6. The molecular formula is C17H25N3.